The van der Waals surface area contributed by atoms with Crippen molar-refractivity contribution in [3.8, 4) is 0 Å². The van der Waals surface area contributed by atoms with E-state index in [0.717, 1.165) is 30.8 Å². The first-order valence-corrected chi connectivity index (χ1v) is 12.9. The first-order chi connectivity index (χ1) is 18.1. The van der Waals surface area contributed by atoms with Gasteiger partial charge in [0.1, 0.15) is 11.6 Å². The third-order valence-electron chi connectivity index (χ3n) is 7.07. The van der Waals surface area contributed by atoms with Gasteiger partial charge in [-0.1, -0.05) is 18.2 Å². The van der Waals surface area contributed by atoms with E-state index in [4.69, 9.17) is 30.9 Å². The fraction of sp³-hybridized carbons (Fsp3) is 0.520. The smallest absolute Gasteiger partial charge is 0.232 e. The highest BCUT2D eigenvalue weighted by atomic mass is 16.3. The standard InChI is InChI=1S/C25H34N10O2/c26-22-30-20(33-25(34-22)29-16-6-2-1-3-7-16)18-13-15-12-17(18)19(14-15)21-31-23(27-8-4-10-36)35-24(32-21)28-9-5-11-37/h1-3,6-7,15,17-19,36-37H,4-5,8-14H2,(H3,26,29,30,33,34)(H2,27,28,31,32,35). The second kappa shape index (κ2) is 11.6. The van der Waals surface area contributed by atoms with Crippen LogP contribution in [0.3, 0.4) is 0 Å². The summed E-state index contributed by atoms with van der Waals surface area (Å²) in [5.41, 5.74) is 6.98. The zero-order valence-corrected chi connectivity index (χ0v) is 20.7. The molecule has 2 fully saturated rings. The highest BCUT2D eigenvalue weighted by Crippen LogP contribution is 2.58. The molecule has 12 nitrogen and oxygen atoms in total. The maximum atomic E-state index is 9.14. The van der Waals surface area contributed by atoms with E-state index < -0.39 is 0 Å². The number of anilines is 5. The molecule has 2 aromatic heterocycles. The lowest BCUT2D eigenvalue weighted by atomic mass is 9.79. The second-order valence-electron chi connectivity index (χ2n) is 9.67. The SMILES string of the molecule is Nc1nc(Nc2ccccc2)nc(C2CC3CC(c4nc(NCCCO)nc(NCCCO)n4)C2C3)n1. The van der Waals surface area contributed by atoms with Crippen LogP contribution in [0.4, 0.5) is 29.5 Å². The monoisotopic (exact) mass is 506 g/mol. The fourth-order valence-corrected chi connectivity index (χ4v) is 5.50. The molecular formula is C25H34N10O2. The number of nitrogens with two attached hydrogens (primary N) is 1. The molecule has 4 atom stereocenters. The molecule has 0 radical (unpaired) electrons. The first-order valence-electron chi connectivity index (χ1n) is 12.9. The Bertz CT molecular complexity index is 1150. The zero-order chi connectivity index (χ0) is 25.6. The van der Waals surface area contributed by atoms with Crippen LogP contribution in [0.15, 0.2) is 30.3 Å². The molecule has 3 aromatic rings. The van der Waals surface area contributed by atoms with Crippen molar-refractivity contribution in [1.82, 2.24) is 29.9 Å². The number of nitrogens with zero attached hydrogens (tertiary/aromatic N) is 6. The van der Waals surface area contributed by atoms with Crippen LogP contribution < -0.4 is 21.7 Å². The summed E-state index contributed by atoms with van der Waals surface area (Å²) in [6, 6.07) is 9.75. The average molecular weight is 507 g/mol. The lowest BCUT2D eigenvalue weighted by molar-refractivity contribution is 0.292. The van der Waals surface area contributed by atoms with Crippen LogP contribution in [0.5, 0.6) is 0 Å². The number of nitrogens with one attached hydrogen (secondary N) is 3. The van der Waals surface area contributed by atoms with Crippen molar-refractivity contribution < 1.29 is 10.2 Å². The normalized spacial score (nSPS) is 22.2. The molecule has 7 N–H and O–H groups in total. The Morgan fingerprint density at radius 3 is 1.92 bits per heavy atom. The number of fused-ring (bicyclic) bond motifs is 2. The number of hydrogen-bond donors (Lipinski definition) is 6. The number of hydrogen-bond acceptors (Lipinski definition) is 12. The van der Waals surface area contributed by atoms with Gasteiger partial charge in [-0.2, -0.15) is 29.9 Å². The third kappa shape index (κ3) is 6.03. The molecule has 2 bridgehead atoms. The Hall–Kier alpha value is -3.64. The number of rotatable bonds is 12. The van der Waals surface area contributed by atoms with Gasteiger partial charge in [-0.15, -0.1) is 0 Å². The Morgan fingerprint density at radius 2 is 1.32 bits per heavy atom. The summed E-state index contributed by atoms with van der Waals surface area (Å²) in [6.45, 7) is 1.32. The van der Waals surface area contributed by atoms with E-state index >= 15 is 0 Å². The average Bonchev–Trinajstić information content (AvgIpc) is 3.51. The van der Waals surface area contributed by atoms with Crippen molar-refractivity contribution in [3.05, 3.63) is 42.0 Å². The predicted molar refractivity (Wildman–Crippen MR) is 140 cm³/mol. The van der Waals surface area contributed by atoms with Gasteiger partial charge in [0.15, 0.2) is 0 Å². The molecule has 4 unspecified atom stereocenters. The molecule has 12 heteroatoms. The summed E-state index contributed by atoms with van der Waals surface area (Å²) < 4.78 is 0. The van der Waals surface area contributed by atoms with Gasteiger partial charge in [-0.25, -0.2) is 0 Å². The van der Waals surface area contributed by atoms with Crippen LogP contribution >= 0.6 is 0 Å². The van der Waals surface area contributed by atoms with Crippen LogP contribution in [0, 0.1) is 11.8 Å². The van der Waals surface area contributed by atoms with Gasteiger partial charge < -0.3 is 31.9 Å². The van der Waals surface area contributed by atoms with Gasteiger partial charge in [0.05, 0.1) is 0 Å². The molecule has 2 aliphatic rings. The Kier molecular flexibility index (Phi) is 7.85. The lowest BCUT2D eigenvalue weighted by Crippen LogP contribution is -2.23. The Balaban J connectivity index is 1.38. The second-order valence-corrected chi connectivity index (χ2v) is 9.67. The molecule has 196 valence electrons. The van der Waals surface area contributed by atoms with E-state index in [-0.39, 0.29) is 36.9 Å². The van der Waals surface area contributed by atoms with Crippen molar-refractivity contribution in [2.75, 3.05) is 48.0 Å². The van der Waals surface area contributed by atoms with E-state index in [9.17, 15) is 0 Å². The number of aliphatic hydroxyl groups is 2. The van der Waals surface area contributed by atoms with Crippen molar-refractivity contribution in [2.45, 2.75) is 43.9 Å². The summed E-state index contributed by atoms with van der Waals surface area (Å²) >= 11 is 0. The van der Waals surface area contributed by atoms with Crippen molar-refractivity contribution >= 4 is 29.5 Å². The van der Waals surface area contributed by atoms with Gasteiger partial charge in [-0.3, -0.25) is 0 Å². The minimum absolute atomic E-state index is 0.0940. The van der Waals surface area contributed by atoms with E-state index in [2.05, 4.69) is 30.9 Å². The van der Waals surface area contributed by atoms with Crippen LogP contribution in [-0.2, 0) is 0 Å². The molecule has 0 spiro atoms. The zero-order valence-electron chi connectivity index (χ0n) is 20.7. The molecule has 1 aromatic carbocycles. The molecule has 5 rings (SSSR count). The number of aliphatic hydroxyl groups excluding tert-OH is 2. The van der Waals surface area contributed by atoms with Crippen molar-refractivity contribution in [3.63, 3.8) is 0 Å². The molecule has 2 aliphatic carbocycles. The third-order valence-corrected chi connectivity index (χ3v) is 7.07. The Labute approximate surface area is 215 Å². The maximum Gasteiger partial charge on any atom is 0.232 e. The minimum Gasteiger partial charge on any atom is -0.396 e. The molecular weight excluding hydrogens is 472 g/mol. The fourth-order valence-electron chi connectivity index (χ4n) is 5.50. The Morgan fingerprint density at radius 1 is 0.730 bits per heavy atom. The number of para-hydroxylation sites is 1. The molecule has 0 saturated heterocycles. The maximum absolute atomic E-state index is 9.14. The van der Waals surface area contributed by atoms with Crippen LogP contribution in [-0.4, -0.2) is 66.4 Å². The summed E-state index contributed by atoms with van der Waals surface area (Å²) in [4.78, 5) is 27.6. The number of aromatic nitrogens is 6. The summed E-state index contributed by atoms with van der Waals surface area (Å²) in [5, 5.41) is 27.9. The first kappa shape index (κ1) is 25.0. The molecule has 0 amide bonds. The van der Waals surface area contributed by atoms with Crippen LogP contribution in [0.2, 0.25) is 0 Å². The summed E-state index contributed by atoms with van der Waals surface area (Å²) in [7, 11) is 0. The summed E-state index contributed by atoms with van der Waals surface area (Å²) in [6.07, 6.45) is 4.28. The topological polar surface area (TPSA) is 180 Å². The minimum atomic E-state index is 0.0940. The number of benzene rings is 1. The molecule has 37 heavy (non-hydrogen) atoms. The van der Waals surface area contributed by atoms with E-state index in [1.165, 1.54) is 0 Å². The van der Waals surface area contributed by atoms with Gasteiger partial charge >= 0.3 is 0 Å². The predicted octanol–water partition coefficient (Wildman–Crippen LogP) is 2.27. The van der Waals surface area contributed by atoms with E-state index in [1.807, 2.05) is 30.3 Å². The highest BCUT2D eigenvalue weighted by molar-refractivity contribution is 5.53. The van der Waals surface area contributed by atoms with Gasteiger partial charge in [0.2, 0.25) is 23.8 Å². The molecule has 2 heterocycles. The quantitative estimate of drug-likeness (QED) is 0.198. The largest absolute Gasteiger partial charge is 0.396 e. The number of nitrogen functional groups attached to an aromatic ring is 1. The highest BCUT2D eigenvalue weighted by Gasteiger charge is 2.49. The lowest BCUT2D eigenvalue weighted by Gasteiger charge is -2.28. The van der Waals surface area contributed by atoms with Crippen LogP contribution in [0.25, 0.3) is 0 Å². The summed E-state index contributed by atoms with van der Waals surface area (Å²) in [5.74, 6) is 4.19. The van der Waals surface area contributed by atoms with Gasteiger partial charge in [0, 0.05) is 43.8 Å². The van der Waals surface area contributed by atoms with Crippen molar-refractivity contribution in [2.24, 2.45) is 11.8 Å². The van der Waals surface area contributed by atoms with E-state index in [0.29, 0.717) is 55.5 Å². The van der Waals surface area contributed by atoms with E-state index in [1.54, 1.807) is 0 Å². The van der Waals surface area contributed by atoms with Crippen LogP contribution in [0.1, 0.15) is 55.6 Å². The molecule has 2 saturated carbocycles. The van der Waals surface area contributed by atoms with Crippen molar-refractivity contribution in [1.29, 1.82) is 0 Å². The molecule has 0 aliphatic heterocycles. The van der Waals surface area contributed by atoms with Gasteiger partial charge in [0.25, 0.3) is 0 Å². The van der Waals surface area contributed by atoms with Gasteiger partial charge in [-0.05, 0) is 56.1 Å².